The lowest BCUT2D eigenvalue weighted by Gasteiger charge is -2.16. The Kier molecular flexibility index (Phi) is 2.61. The van der Waals surface area contributed by atoms with Crippen LogP contribution in [0.1, 0.15) is 6.92 Å². The third-order valence-electron chi connectivity index (χ3n) is 1.02. The fraction of sp³-hybridized carbons (Fsp3) is 0.800. The van der Waals surface area contributed by atoms with Gasteiger partial charge in [-0.1, -0.05) is 0 Å². The number of carbonyl (C=O) groups excluding carboxylic acids is 1. The van der Waals surface area contributed by atoms with Gasteiger partial charge in [-0.25, -0.2) is 4.79 Å². The van der Waals surface area contributed by atoms with Crippen LogP contribution in [0, 0.1) is 0 Å². The third-order valence-corrected chi connectivity index (χ3v) is 1.02. The molecule has 0 aromatic rings. The molecule has 4 heteroatoms. The number of rotatable bonds is 2. The minimum absolute atomic E-state index is 0.125. The second kappa shape index (κ2) is 2.80. The molecule has 0 aromatic heterocycles. The first-order valence-electron chi connectivity index (χ1n) is 2.55. The molecule has 54 valence electrons. The molecule has 3 N–H and O–H groups in total. The fourth-order valence-corrected chi connectivity index (χ4v) is 0.303. The van der Waals surface area contributed by atoms with Gasteiger partial charge in [0.1, 0.15) is 0 Å². The maximum atomic E-state index is 10.5. The van der Waals surface area contributed by atoms with E-state index < -0.39 is 11.6 Å². The first-order valence-corrected chi connectivity index (χ1v) is 2.55. The summed E-state index contributed by atoms with van der Waals surface area (Å²) >= 11 is 0. The van der Waals surface area contributed by atoms with Crippen molar-refractivity contribution in [2.24, 2.45) is 5.73 Å². The van der Waals surface area contributed by atoms with Crippen molar-refractivity contribution in [3.8, 4) is 0 Å². The van der Waals surface area contributed by atoms with Crippen LogP contribution in [0.15, 0.2) is 0 Å². The molecule has 0 spiro atoms. The monoisotopic (exact) mass is 133 g/mol. The highest BCUT2D eigenvalue weighted by molar-refractivity contribution is 5.78. The van der Waals surface area contributed by atoms with Crippen LogP contribution < -0.4 is 5.73 Å². The first kappa shape index (κ1) is 8.39. The minimum Gasteiger partial charge on any atom is -0.467 e. The number of aliphatic hydroxyl groups is 1. The van der Waals surface area contributed by atoms with Crippen LogP contribution in [0.5, 0.6) is 0 Å². The molecule has 0 aliphatic rings. The first-order chi connectivity index (χ1) is 4.04. The van der Waals surface area contributed by atoms with Crippen LogP contribution in [0.2, 0.25) is 0 Å². The molecular formula is C5H11NO3. The zero-order chi connectivity index (χ0) is 7.49. The van der Waals surface area contributed by atoms with Gasteiger partial charge in [0.2, 0.25) is 0 Å². The lowest BCUT2D eigenvalue weighted by molar-refractivity contribution is -0.159. The van der Waals surface area contributed by atoms with Gasteiger partial charge in [0, 0.05) is 6.54 Å². The van der Waals surface area contributed by atoms with Crippen LogP contribution >= 0.6 is 0 Å². The molecule has 0 unspecified atom stereocenters. The van der Waals surface area contributed by atoms with E-state index in [9.17, 15) is 4.79 Å². The summed E-state index contributed by atoms with van der Waals surface area (Å²) in [5.74, 6) is -0.704. The Bertz CT molecular complexity index is 111. The second-order valence-corrected chi connectivity index (χ2v) is 1.97. The Balaban J connectivity index is 3.97. The number of esters is 1. The van der Waals surface area contributed by atoms with Gasteiger partial charge in [0.05, 0.1) is 7.11 Å². The summed E-state index contributed by atoms with van der Waals surface area (Å²) in [6.45, 7) is 1.18. The number of carbonyl (C=O) groups is 1. The van der Waals surface area contributed by atoms with Gasteiger partial charge in [0.25, 0.3) is 0 Å². The Morgan fingerprint density at radius 3 is 2.44 bits per heavy atom. The van der Waals surface area contributed by atoms with Crippen molar-refractivity contribution >= 4 is 5.97 Å². The zero-order valence-electron chi connectivity index (χ0n) is 5.55. The highest BCUT2D eigenvalue weighted by atomic mass is 16.5. The van der Waals surface area contributed by atoms with Gasteiger partial charge in [-0.15, -0.1) is 0 Å². The van der Waals surface area contributed by atoms with Crippen molar-refractivity contribution in [3.63, 3.8) is 0 Å². The molecule has 9 heavy (non-hydrogen) atoms. The highest BCUT2D eigenvalue weighted by Gasteiger charge is 2.28. The van der Waals surface area contributed by atoms with Crippen molar-refractivity contribution in [2.75, 3.05) is 13.7 Å². The lowest BCUT2D eigenvalue weighted by Crippen LogP contribution is -2.43. The quantitative estimate of drug-likeness (QED) is 0.467. The van der Waals surface area contributed by atoms with Gasteiger partial charge in [-0.05, 0) is 6.92 Å². The molecule has 0 bridgehead atoms. The molecule has 4 nitrogen and oxygen atoms in total. The minimum atomic E-state index is -1.53. The fourth-order valence-electron chi connectivity index (χ4n) is 0.303. The Morgan fingerprint density at radius 1 is 1.89 bits per heavy atom. The van der Waals surface area contributed by atoms with E-state index in [-0.39, 0.29) is 6.54 Å². The Morgan fingerprint density at radius 2 is 2.33 bits per heavy atom. The molecule has 0 aliphatic heterocycles. The molecule has 0 heterocycles. The predicted octanol–water partition coefficient (Wildman–Crippen LogP) is -1.13. The molecule has 0 aliphatic carbocycles. The SMILES string of the molecule is COC(=O)[C@@](C)(O)CN. The van der Waals surface area contributed by atoms with E-state index in [2.05, 4.69) is 4.74 Å². The van der Waals surface area contributed by atoms with Gasteiger partial charge in [0.15, 0.2) is 5.60 Å². The summed E-state index contributed by atoms with van der Waals surface area (Å²) in [6.07, 6.45) is 0. The summed E-state index contributed by atoms with van der Waals surface area (Å²) in [5.41, 5.74) is 3.50. The summed E-state index contributed by atoms with van der Waals surface area (Å²) in [4.78, 5) is 10.5. The molecule has 0 amide bonds. The van der Waals surface area contributed by atoms with Gasteiger partial charge < -0.3 is 15.6 Å². The van der Waals surface area contributed by atoms with E-state index in [1.54, 1.807) is 0 Å². The number of methoxy groups -OCH3 is 1. The van der Waals surface area contributed by atoms with E-state index in [4.69, 9.17) is 10.8 Å². The molecule has 0 aromatic carbocycles. The van der Waals surface area contributed by atoms with Gasteiger partial charge in [-0.2, -0.15) is 0 Å². The van der Waals surface area contributed by atoms with Crippen molar-refractivity contribution in [1.82, 2.24) is 0 Å². The van der Waals surface area contributed by atoms with E-state index in [0.29, 0.717) is 0 Å². The Labute approximate surface area is 53.6 Å². The molecular weight excluding hydrogens is 122 g/mol. The van der Waals surface area contributed by atoms with E-state index in [1.807, 2.05) is 0 Å². The molecule has 0 saturated carbocycles. The average Bonchev–Trinajstić information content (AvgIpc) is 1.86. The molecule has 0 saturated heterocycles. The molecule has 1 atom stereocenters. The number of ether oxygens (including phenoxy) is 1. The van der Waals surface area contributed by atoms with Crippen molar-refractivity contribution in [3.05, 3.63) is 0 Å². The van der Waals surface area contributed by atoms with Crippen LogP contribution in [0.3, 0.4) is 0 Å². The van der Waals surface area contributed by atoms with Crippen molar-refractivity contribution in [2.45, 2.75) is 12.5 Å². The average molecular weight is 133 g/mol. The number of nitrogens with two attached hydrogens (primary N) is 1. The zero-order valence-corrected chi connectivity index (χ0v) is 5.55. The van der Waals surface area contributed by atoms with Gasteiger partial charge in [-0.3, -0.25) is 0 Å². The molecule has 0 rings (SSSR count). The maximum absolute atomic E-state index is 10.5. The van der Waals surface area contributed by atoms with Crippen molar-refractivity contribution in [1.29, 1.82) is 0 Å². The third kappa shape index (κ3) is 1.99. The van der Waals surface area contributed by atoms with Crippen LogP contribution in [-0.2, 0) is 9.53 Å². The smallest absolute Gasteiger partial charge is 0.338 e. The standard InChI is InChI=1S/C5H11NO3/c1-5(8,3-6)4(7)9-2/h8H,3,6H2,1-2H3/t5-/m0/s1. The van der Waals surface area contributed by atoms with E-state index >= 15 is 0 Å². The summed E-state index contributed by atoms with van der Waals surface area (Å²) in [7, 11) is 1.20. The normalized spacial score (nSPS) is 16.4. The predicted molar refractivity (Wildman–Crippen MR) is 31.7 cm³/mol. The van der Waals surface area contributed by atoms with E-state index in [0.717, 1.165) is 0 Å². The van der Waals surface area contributed by atoms with Gasteiger partial charge >= 0.3 is 5.97 Å². The molecule has 0 radical (unpaired) electrons. The van der Waals surface area contributed by atoms with E-state index in [1.165, 1.54) is 14.0 Å². The van der Waals surface area contributed by atoms with Crippen LogP contribution in [0.25, 0.3) is 0 Å². The highest BCUT2D eigenvalue weighted by Crippen LogP contribution is 2.01. The topological polar surface area (TPSA) is 72.5 Å². The number of hydrogen-bond donors (Lipinski definition) is 2. The molecule has 0 fully saturated rings. The lowest BCUT2D eigenvalue weighted by atomic mass is 10.1. The maximum Gasteiger partial charge on any atom is 0.338 e. The number of hydrogen-bond acceptors (Lipinski definition) is 4. The van der Waals surface area contributed by atoms with Crippen LogP contribution in [0.4, 0.5) is 0 Å². The summed E-state index contributed by atoms with van der Waals surface area (Å²) < 4.78 is 4.24. The second-order valence-electron chi connectivity index (χ2n) is 1.97. The Hall–Kier alpha value is -0.610. The van der Waals surface area contributed by atoms with Crippen molar-refractivity contribution < 1.29 is 14.6 Å². The van der Waals surface area contributed by atoms with Crippen LogP contribution in [-0.4, -0.2) is 30.3 Å². The summed E-state index contributed by atoms with van der Waals surface area (Å²) in [5, 5.41) is 8.99. The largest absolute Gasteiger partial charge is 0.467 e. The summed E-state index contributed by atoms with van der Waals surface area (Å²) in [6, 6.07) is 0.